The average Bonchev–Trinajstić information content (AvgIpc) is 2.76. The Kier molecular flexibility index (Phi) is 4.93. The molecule has 0 aliphatic carbocycles. The van der Waals surface area contributed by atoms with Crippen LogP contribution in [0.2, 0.25) is 0 Å². The fourth-order valence-electron chi connectivity index (χ4n) is 2.04. The second-order valence-electron chi connectivity index (χ2n) is 4.67. The summed E-state index contributed by atoms with van der Waals surface area (Å²) >= 11 is 1.80. The third kappa shape index (κ3) is 2.64. The summed E-state index contributed by atoms with van der Waals surface area (Å²) in [4.78, 5) is 4.80. The maximum Gasteiger partial charge on any atom is 0.113 e. The molecule has 0 fully saturated rings. The minimum absolute atomic E-state index is 0.0898. The van der Waals surface area contributed by atoms with Gasteiger partial charge in [0.2, 0.25) is 0 Å². The highest BCUT2D eigenvalue weighted by Crippen LogP contribution is 2.33. The normalized spacial score (nSPS) is 15.4. The molecule has 0 saturated heterocycles. The molecular weight excluding hydrogens is 216 g/mol. The molecule has 3 heteroatoms. The highest BCUT2D eigenvalue weighted by molar-refractivity contribution is 7.09. The predicted octanol–water partition coefficient (Wildman–Crippen LogP) is 3.89. The van der Waals surface area contributed by atoms with Crippen molar-refractivity contribution in [3.63, 3.8) is 0 Å². The zero-order valence-corrected chi connectivity index (χ0v) is 11.9. The molecule has 0 aromatic carbocycles. The summed E-state index contributed by atoms with van der Waals surface area (Å²) in [5, 5.41) is 6.94. The second kappa shape index (κ2) is 5.78. The third-order valence-electron chi connectivity index (χ3n) is 3.28. The molecular formula is C13H24N2S. The number of nitrogens with one attached hydrogen (secondary N) is 1. The number of nitrogens with zero attached hydrogens (tertiary/aromatic N) is 1. The average molecular weight is 240 g/mol. The van der Waals surface area contributed by atoms with Crippen LogP contribution in [0, 0.1) is 0 Å². The van der Waals surface area contributed by atoms with Crippen molar-refractivity contribution in [1.82, 2.24) is 10.3 Å². The van der Waals surface area contributed by atoms with E-state index in [0.29, 0.717) is 5.92 Å². The molecule has 16 heavy (non-hydrogen) atoms. The SMILES string of the molecule is CCCC(CC)(NC)c1nc(C(C)C)cs1. The highest BCUT2D eigenvalue weighted by atomic mass is 32.1. The lowest BCUT2D eigenvalue weighted by Gasteiger charge is -2.30. The molecule has 0 radical (unpaired) electrons. The molecule has 0 aliphatic rings. The van der Waals surface area contributed by atoms with Crippen molar-refractivity contribution in [3.8, 4) is 0 Å². The van der Waals surface area contributed by atoms with Crippen LogP contribution >= 0.6 is 11.3 Å². The Morgan fingerprint density at radius 1 is 1.44 bits per heavy atom. The van der Waals surface area contributed by atoms with Crippen molar-refractivity contribution in [2.75, 3.05) is 7.05 Å². The minimum Gasteiger partial charge on any atom is -0.308 e. The molecule has 1 unspecified atom stereocenters. The smallest absolute Gasteiger partial charge is 0.113 e. The zero-order valence-electron chi connectivity index (χ0n) is 11.1. The van der Waals surface area contributed by atoms with Crippen LogP contribution in [0.15, 0.2) is 5.38 Å². The molecule has 2 nitrogen and oxygen atoms in total. The molecule has 0 saturated carbocycles. The van der Waals surface area contributed by atoms with Gasteiger partial charge in [-0.2, -0.15) is 0 Å². The fourth-order valence-corrected chi connectivity index (χ4v) is 3.33. The van der Waals surface area contributed by atoms with Gasteiger partial charge in [0.15, 0.2) is 0 Å². The Bertz CT molecular complexity index is 313. The van der Waals surface area contributed by atoms with E-state index in [-0.39, 0.29) is 5.54 Å². The topological polar surface area (TPSA) is 24.9 Å². The van der Waals surface area contributed by atoms with E-state index in [9.17, 15) is 0 Å². The van der Waals surface area contributed by atoms with Gasteiger partial charge in [0.05, 0.1) is 11.2 Å². The summed E-state index contributed by atoms with van der Waals surface area (Å²) in [7, 11) is 2.05. The summed E-state index contributed by atoms with van der Waals surface area (Å²) in [5.41, 5.74) is 1.32. The quantitative estimate of drug-likeness (QED) is 0.816. The molecule has 1 atom stereocenters. The maximum atomic E-state index is 4.80. The van der Waals surface area contributed by atoms with Gasteiger partial charge in [-0.15, -0.1) is 11.3 Å². The summed E-state index contributed by atoms with van der Waals surface area (Å²) in [5.74, 6) is 0.526. The van der Waals surface area contributed by atoms with Crippen LogP contribution in [0.3, 0.4) is 0 Å². The first-order valence-corrected chi connectivity index (χ1v) is 7.12. The van der Waals surface area contributed by atoms with Crippen LogP contribution < -0.4 is 5.32 Å². The number of hydrogen-bond donors (Lipinski definition) is 1. The van der Waals surface area contributed by atoms with Gasteiger partial charge in [-0.1, -0.05) is 34.1 Å². The number of aromatic nitrogens is 1. The molecule has 0 bridgehead atoms. The molecule has 92 valence electrons. The van der Waals surface area contributed by atoms with Crippen LogP contribution in [0.25, 0.3) is 0 Å². The van der Waals surface area contributed by atoms with Gasteiger partial charge in [0, 0.05) is 5.38 Å². The van der Waals surface area contributed by atoms with E-state index in [2.05, 4.69) is 45.4 Å². The summed E-state index contributed by atoms with van der Waals surface area (Å²) < 4.78 is 0. The first-order chi connectivity index (χ1) is 7.59. The van der Waals surface area contributed by atoms with Gasteiger partial charge < -0.3 is 5.32 Å². The Hall–Kier alpha value is -0.410. The Morgan fingerprint density at radius 2 is 2.12 bits per heavy atom. The lowest BCUT2D eigenvalue weighted by molar-refractivity contribution is 0.316. The van der Waals surface area contributed by atoms with Crippen LogP contribution in [0.5, 0.6) is 0 Å². The second-order valence-corrected chi connectivity index (χ2v) is 5.53. The van der Waals surface area contributed by atoms with E-state index in [1.54, 1.807) is 11.3 Å². The van der Waals surface area contributed by atoms with E-state index in [4.69, 9.17) is 4.98 Å². The number of rotatable bonds is 6. The van der Waals surface area contributed by atoms with Crippen molar-refractivity contribution in [2.24, 2.45) is 0 Å². The first kappa shape index (κ1) is 13.7. The van der Waals surface area contributed by atoms with E-state index in [1.165, 1.54) is 17.1 Å². The largest absolute Gasteiger partial charge is 0.308 e. The molecule has 0 amide bonds. The predicted molar refractivity (Wildman–Crippen MR) is 72.1 cm³/mol. The van der Waals surface area contributed by atoms with Gasteiger partial charge in [-0.3, -0.25) is 0 Å². The van der Waals surface area contributed by atoms with E-state index < -0.39 is 0 Å². The molecule has 1 aromatic rings. The van der Waals surface area contributed by atoms with E-state index in [1.807, 2.05) is 0 Å². The van der Waals surface area contributed by atoms with Crippen molar-refractivity contribution in [3.05, 3.63) is 16.1 Å². The molecule has 1 rings (SSSR count). The summed E-state index contributed by atoms with van der Waals surface area (Å²) in [6.45, 7) is 8.87. The van der Waals surface area contributed by atoms with Crippen molar-refractivity contribution >= 4 is 11.3 Å². The van der Waals surface area contributed by atoms with Crippen LogP contribution in [0.1, 0.15) is 63.6 Å². The maximum absolute atomic E-state index is 4.80. The fraction of sp³-hybridized carbons (Fsp3) is 0.769. The Labute approximate surface area is 103 Å². The van der Waals surface area contributed by atoms with Gasteiger partial charge in [0.25, 0.3) is 0 Å². The third-order valence-corrected chi connectivity index (χ3v) is 4.35. The van der Waals surface area contributed by atoms with Crippen LogP contribution in [0.4, 0.5) is 0 Å². The number of hydrogen-bond acceptors (Lipinski definition) is 3. The molecule has 0 spiro atoms. The van der Waals surface area contributed by atoms with E-state index >= 15 is 0 Å². The van der Waals surface area contributed by atoms with Crippen molar-refractivity contribution in [2.45, 2.75) is 58.4 Å². The monoisotopic (exact) mass is 240 g/mol. The Balaban J connectivity index is 3.00. The highest BCUT2D eigenvalue weighted by Gasteiger charge is 2.30. The van der Waals surface area contributed by atoms with E-state index in [0.717, 1.165) is 12.8 Å². The lowest BCUT2D eigenvalue weighted by atomic mass is 9.91. The minimum atomic E-state index is 0.0898. The van der Waals surface area contributed by atoms with Crippen molar-refractivity contribution in [1.29, 1.82) is 0 Å². The molecule has 1 N–H and O–H groups in total. The standard InChI is InChI=1S/C13H24N2S/c1-6-8-13(7-2,14-5)12-15-11(9-16-12)10(3)4/h9-10,14H,6-8H2,1-5H3. The van der Waals surface area contributed by atoms with Gasteiger partial charge in [-0.25, -0.2) is 4.98 Å². The van der Waals surface area contributed by atoms with Gasteiger partial charge in [0.1, 0.15) is 5.01 Å². The van der Waals surface area contributed by atoms with Crippen LogP contribution in [-0.2, 0) is 5.54 Å². The van der Waals surface area contributed by atoms with Gasteiger partial charge >= 0.3 is 0 Å². The lowest BCUT2D eigenvalue weighted by Crippen LogP contribution is -2.39. The van der Waals surface area contributed by atoms with Crippen molar-refractivity contribution < 1.29 is 0 Å². The van der Waals surface area contributed by atoms with Crippen LogP contribution in [-0.4, -0.2) is 12.0 Å². The molecule has 1 aromatic heterocycles. The first-order valence-electron chi connectivity index (χ1n) is 6.24. The molecule has 1 heterocycles. The molecule has 0 aliphatic heterocycles. The number of thiazole rings is 1. The zero-order chi connectivity index (χ0) is 12.2. The van der Waals surface area contributed by atoms with Gasteiger partial charge in [-0.05, 0) is 25.8 Å². The Morgan fingerprint density at radius 3 is 2.50 bits per heavy atom. The summed E-state index contributed by atoms with van der Waals surface area (Å²) in [6, 6.07) is 0. The summed E-state index contributed by atoms with van der Waals surface area (Å²) in [6.07, 6.45) is 3.44.